The van der Waals surface area contributed by atoms with E-state index in [1.807, 2.05) is 12.1 Å². The van der Waals surface area contributed by atoms with Gasteiger partial charge in [0.1, 0.15) is 0 Å². The van der Waals surface area contributed by atoms with Crippen molar-refractivity contribution in [2.75, 3.05) is 6.54 Å². The van der Waals surface area contributed by atoms with E-state index in [2.05, 4.69) is 10.3 Å². The Hall–Kier alpha value is -0.700. The predicted molar refractivity (Wildman–Crippen MR) is 63.7 cm³/mol. The van der Waals surface area contributed by atoms with Gasteiger partial charge in [-0.1, -0.05) is 23.2 Å². The average Bonchev–Trinajstić information content (AvgIpc) is 2.64. The van der Waals surface area contributed by atoms with Crippen LogP contribution in [0.15, 0.2) is 12.1 Å². The molecule has 1 aliphatic rings. The minimum absolute atomic E-state index is 0.740. The van der Waals surface area contributed by atoms with Gasteiger partial charge in [0.2, 0.25) is 0 Å². The molecule has 4 heteroatoms. The lowest BCUT2D eigenvalue weighted by atomic mass is 10.1. The molecule has 2 nitrogen and oxygen atoms in total. The van der Waals surface area contributed by atoms with Crippen LogP contribution in [0.3, 0.4) is 0 Å². The Bertz CT molecular complexity index is 531. The van der Waals surface area contributed by atoms with E-state index in [9.17, 15) is 0 Å². The van der Waals surface area contributed by atoms with E-state index in [1.165, 1.54) is 11.3 Å². The Balaban J connectivity index is 2.41. The predicted octanol–water partition coefficient (Wildman–Crippen LogP) is 3.12. The van der Waals surface area contributed by atoms with Crippen molar-refractivity contribution in [3.05, 3.63) is 33.4 Å². The molecule has 3 rings (SSSR count). The van der Waals surface area contributed by atoms with E-state index in [0.717, 1.165) is 40.5 Å². The normalized spacial score (nSPS) is 15.6. The van der Waals surface area contributed by atoms with Crippen LogP contribution < -0.4 is 5.32 Å². The number of nitrogens with one attached hydrogen (secondary N) is 2. The molecule has 2 heterocycles. The molecule has 0 saturated carbocycles. The van der Waals surface area contributed by atoms with Crippen LogP contribution in [0, 0.1) is 0 Å². The molecule has 78 valence electrons. The second-order valence-electron chi connectivity index (χ2n) is 3.79. The summed E-state index contributed by atoms with van der Waals surface area (Å²) in [5.41, 5.74) is 3.50. The average molecular weight is 241 g/mol. The summed E-state index contributed by atoms with van der Waals surface area (Å²) in [7, 11) is 0. The number of fused-ring (bicyclic) bond motifs is 3. The number of rotatable bonds is 0. The highest BCUT2D eigenvalue weighted by Crippen LogP contribution is 2.34. The first-order valence-corrected chi connectivity index (χ1v) is 5.71. The largest absolute Gasteiger partial charge is 0.357 e. The van der Waals surface area contributed by atoms with Crippen molar-refractivity contribution in [1.29, 1.82) is 0 Å². The molecule has 15 heavy (non-hydrogen) atoms. The summed E-state index contributed by atoms with van der Waals surface area (Å²) in [6, 6.07) is 3.69. The van der Waals surface area contributed by atoms with Crippen molar-refractivity contribution in [2.45, 2.75) is 13.0 Å². The van der Waals surface area contributed by atoms with Gasteiger partial charge in [-0.25, -0.2) is 0 Å². The molecule has 0 saturated heterocycles. The quantitative estimate of drug-likeness (QED) is 0.728. The fourth-order valence-electron chi connectivity index (χ4n) is 2.18. The van der Waals surface area contributed by atoms with Gasteiger partial charge in [0.05, 0.1) is 15.6 Å². The molecule has 0 atom stereocenters. The van der Waals surface area contributed by atoms with Crippen molar-refractivity contribution in [3.63, 3.8) is 0 Å². The Morgan fingerprint density at radius 2 is 1.93 bits per heavy atom. The molecule has 0 bridgehead atoms. The Morgan fingerprint density at radius 1 is 1.13 bits per heavy atom. The third-order valence-corrected chi connectivity index (χ3v) is 3.53. The van der Waals surface area contributed by atoms with E-state index in [4.69, 9.17) is 23.2 Å². The van der Waals surface area contributed by atoms with Gasteiger partial charge < -0.3 is 10.3 Å². The Kier molecular flexibility index (Phi) is 2.16. The highest BCUT2D eigenvalue weighted by molar-refractivity contribution is 6.40. The standard InChI is InChI=1S/C11H10Cl2N2/c12-7-1-2-8(13)11-10(7)6-5-14-4-3-9(6)15-11/h1-2,14-15H,3-5H2. The van der Waals surface area contributed by atoms with Gasteiger partial charge in [-0.2, -0.15) is 0 Å². The maximum atomic E-state index is 6.20. The molecule has 0 fully saturated rings. The van der Waals surface area contributed by atoms with Gasteiger partial charge in [-0.05, 0) is 17.7 Å². The van der Waals surface area contributed by atoms with E-state index in [1.54, 1.807) is 0 Å². The second kappa shape index (κ2) is 3.41. The zero-order valence-electron chi connectivity index (χ0n) is 8.03. The van der Waals surface area contributed by atoms with Gasteiger partial charge in [-0.15, -0.1) is 0 Å². The van der Waals surface area contributed by atoms with Crippen molar-refractivity contribution in [3.8, 4) is 0 Å². The first-order chi connectivity index (χ1) is 7.27. The lowest BCUT2D eigenvalue weighted by Gasteiger charge is -2.12. The van der Waals surface area contributed by atoms with Crippen molar-refractivity contribution >= 4 is 34.1 Å². The van der Waals surface area contributed by atoms with E-state index in [0.29, 0.717) is 0 Å². The molecule has 1 aromatic heterocycles. The van der Waals surface area contributed by atoms with Gasteiger partial charge in [0.15, 0.2) is 0 Å². The second-order valence-corrected chi connectivity index (χ2v) is 4.60. The third kappa shape index (κ3) is 1.36. The Labute approximate surface area is 97.6 Å². The van der Waals surface area contributed by atoms with Crippen LogP contribution in [0.2, 0.25) is 10.0 Å². The Morgan fingerprint density at radius 3 is 2.80 bits per heavy atom. The van der Waals surface area contributed by atoms with E-state index >= 15 is 0 Å². The fourth-order valence-corrected chi connectivity index (χ4v) is 2.66. The van der Waals surface area contributed by atoms with Crippen LogP contribution in [-0.2, 0) is 13.0 Å². The van der Waals surface area contributed by atoms with Crippen LogP contribution in [0.4, 0.5) is 0 Å². The molecule has 1 aromatic carbocycles. The zero-order valence-corrected chi connectivity index (χ0v) is 9.54. The minimum atomic E-state index is 0.740. The van der Waals surface area contributed by atoms with Crippen LogP contribution in [0.25, 0.3) is 10.9 Å². The number of hydrogen-bond acceptors (Lipinski definition) is 1. The molecule has 1 aliphatic heterocycles. The lowest BCUT2D eigenvalue weighted by Crippen LogP contribution is -2.22. The monoisotopic (exact) mass is 240 g/mol. The molecular formula is C11H10Cl2N2. The summed E-state index contributed by atoms with van der Waals surface area (Å²) >= 11 is 12.3. The highest BCUT2D eigenvalue weighted by Gasteiger charge is 2.18. The first-order valence-electron chi connectivity index (χ1n) is 4.95. The minimum Gasteiger partial charge on any atom is -0.357 e. The zero-order chi connectivity index (χ0) is 10.4. The fraction of sp³-hybridized carbons (Fsp3) is 0.273. The summed E-state index contributed by atoms with van der Waals surface area (Å²) in [6.45, 7) is 1.88. The number of hydrogen-bond donors (Lipinski definition) is 2. The number of halogens is 2. The van der Waals surface area contributed by atoms with Crippen molar-refractivity contribution in [2.24, 2.45) is 0 Å². The van der Waals surface area contributed by atoms with E-state index < -0.39 is 0 Å². The molecule has 0 spiro atoms. The van der Waals surface area contributed by atoms with Gasteiger partial charge >= 0.3 is 0 Å². The van der Waals surface area contributed by atoms with Crippen LogP contribution in [0.1, 0.15) is 11.3 Å². The van der Waals surface area contributed by atoms with Crippen LogP contribution >= 0.6 is 23.2 Å². The van der Waals surface area contributed by atoms with Crippen LogP contribution in [0.5, 0.6) is 0 Å². The SMILES string of the molecule is Clc1ccc(Cl)c2c3c([nH]c12)CCNC3. The van der Waals surface area contributed by atoms with Crippen LogP contribution in [-0.4, -0.2) is 11.5 Å². The number of H-pyrrole nitrogens is 1. The molecule has 0 unspecified atom stereocenters. The maximum Gasteiger partial charge on any atom is 0.0663 e. The summed E-state index contributed by atoms with van der Waals surface area (Å²) in [5.74, 6) is 0. The molecule has 0 amide bonds. The van der Waals surface area contributed by atoms with E-state index in [-0.39, 0.29) is 0 Å². The highest BCUT2D eigenvalue weighted by atomic mass is 35.5. The topological polar surface area (TPSA) is 27.8 Å². The summed E-state index contributed by atoms with van der Waals surface area (Å²) in [4.78, 5) is 3.37. The molecular weight excluding hydrogens is 231 g/mol. The van der Waals surface area contributed by atoms with Gasteiger partial charge in [0.25, 0.3) is 0 Å². The lowest BCUT2D eigenvalue weighted by molar-refractivity contribution is 0.641. The van der Waals surface area contributed by atoms with Gasteiger partial charge in [-0.3, -0.25) is 0 Å². The molecule has 2 aromatic rings. The van der Waals surface area contributed by atoms with Crippen molar-refractivity contribution in [1.82, 2.24) is 10.3 Å². The molecule has 0 aliphatic carbocycles. The summed E-state index contributed by atoms with van der Waals surface area (Å²) in [6.07, 6.45) is 1.01. The smallest absolute Gasteiger partial charge is 0.0663 e. The number of aromatic amines is 1. The number of aromatic nitrogens is 1. The van der Waals surface area contributed by atoms with Gasteiger partial charge in [0, 0.05) is 30.6 Å². The molecule has 0 radical (unpaired) electrons. The number of benzene rings is 1. The third-order valence-electron chi connectivity index (χ3n) is 2.90. The van der Waals surface area contributed by atoms with Crippen molar-refractivity contribution < 1.29 is 0 Å². The molecule has 2 N–H and O–H groups in total. The first kappa shape index (κ1) is 9.52. The summed E-state index contributed by atoms with van der Waals surface area (Å²) < 4.78 is 0. The maximum absolute atomic E-state index is 6.20. The summed E-state index contributed by atoms with van der Waals surface area (Å²) in [5, 5.41) is 5.93.